The van der Waals surface area contributed by atoms with Crippen LogP contribution in [0.4, 0.5) is 15.8 Å². The lowest BCUT2D eigenvalue weighted by atomic mass is 10.0. The maximum atomic E-state index is 13.1. The minimum absolute atomic E-state index is 0.0728. The molecule has 4 rings (SSSR count). The summed E-state index contributed by atoms with van der Waals surface area (Å²) >= 11 is 0. The predicted octanol–water partition coefficient (Wildman–Crippen LogP) is 3.20. The number of anilines is 2. The van der Waals surface area contributed by atoms with Crippen molar-refractivity contribution in [2.45, 2.75) is 19.8 Å². The third kappa shape index (κ3) is 3.59. The van der Waals surface area contributed by atoms with Crippen LogP contribution < -0.4 is 10.2 Å². The van der Waals surface area contributed by atoms with E-state index in [9.17, 15) is 14.0 Å². The molecule has 28 heavy (non-hydrogen) atoms. The second-order valence-electron chi connectivity index (χ2n) is 7.66. The van der Waals surface area contributed by atoms with E-state index >= 15 is 0 Å². The van der Waals surface area contributed by atoms with E-state index in [4.69, 9.17) is 0 Å². The molecule has 2 aromatic rings. The van der Waals surface area contributed by atoms with Gasteiger partial charge in [0, 0.05) is 37.6 Å². The van der Waals surface area contributed by atoms with Crippen LogP contribution in [-0.4, -0.2) is 42.9 Å². The number of benzene rings is 2. The van der Waals surface area contributed by atoms with Crippen molar-refractivity contribution in [2.75, 3.05) is 36.4 Å². The third-order valence-electron chi connectivity index (χ3n) is 5.63. The van der Waals surface area contributed by atoms with Gasteiger partial charge in [-0.2, -0.15) is 0 Å². The van der Waals surface area contributed by atoms with E-state index in [0.29, 0.717) is 39.0 Å². The van der Waals surface area contributed by atoms with E-state index < -0.39 is 5.41 Å². The third-order valence-corrected chi connectivity index (χ3v) is 5.63. The molecule has 2 aromatic carbocycles. The molecule has 1 saturated heterocycles. The van der Waals surface area contributed by atoms with Gasteiger partial charge in [0.25, 0.3) is 0 Å². The number of hydrogen-bond donors (Lipinski definition) is 1. The highest BCUT2D eigenvalue weighted by Gasteiger charge is 2.58. The highest BCUT2D eigenvalue weighted by Crippen LogP contribution is 2.48. The number of hydrogen-bond acceptors (Lipinski definition) is 3. The number of piperazine rings is 1. The van der Waals surface area contributed by atoms with Crippen molar-refractivity contribution in [1.82, 2.24) is 4.90 Å². The van der Waals surface area contributed by atoms with E-state index in [-0.39, 0.29) is 17.6 Å². The summed E-state index contributed by atoms with van der Waals surface area (Å²) in [7, 11) is 0. The van der Waals surface area contributed by atoms with Gasteiger partial charge in [-0.15, -0.1) is 0 Å². The molecule has 1 heterocycles. The van der Waals surface area contributed by atoms with Crippen molar-refractivity contribution >= 4 is 23.2 Å². The number of carbonyl (C=O) groups is 2. The van der Waals surface area contributed by atoms with Crippen LogP contribution in [0.15, 0.2) is 48.5 Å². The number of rotatable bonds is 4. The second-order valence-corrected chi connectivity index (χ2v) is 7.66. The summed E-state index contributed by atoms with van der Waals surface area (Å²) in [6, 6.07) is 14.0. The van der Waals surface area contributed by atoms with Gasteiger partial charge in [-0.3, -0.25) is 9.59 Å². The van der Waals surface area contributed by atoms with Crippen molar-refractivity contribution in [3.8, 4) is 0 Å². The Labute approximate surface area is 164 Å². The smallest absolute Gasteiger partial charge is 0.240 e. The van der Waals surface area contributed by atoms with Crippen molar-refractivity contribution in [3.63, 3.8) is 0 Å². The molecule has 146 valence electrons. The first kappa shape index (κ1) is 18.5. The molecule has 0 atom stereocenters. The molecule has 0 radical (unpaired) electrons. The van der Waals surface area contributed by atoms with Crippen LogP contribution in [-0.2, 0) is 9.59 Å². The molecule has 2 amide bonds. The zero-order valence-corrected chi connectivity index (χ0v) is 16.0. The minimum atomic E-state index is -0.915. The number of nitrogens with one attached hydrogen (secondary N) is 1. The molecule has 0 aromatic heterocycles. The van der Waals surface area contributed by atoms with Gasteiger partial charge >= 0.3 is 0 Å². The Morgan fingerprint density at radius 3 is 2.29 bits per heavy atom. The quantitative estimate of drug-likeness (QED) is 0.828. The number of aryl methyl sites for hydroxylation is 1. The molecule has 1 aliphatic heterocycles. The average molecular weight is 381 g/mol. The fourth-order valence-electron chi connectivity index (χ4n) is 3.76. The topological polar surface area (TPSA) is 52.7 Å². The van der Waals surface area contributed by atoms with Crippen LogP contribution in [0.2, 0.25) is 0 Å². The van der Waals surface area contributed by atoms with Gasteiger partial charge in [-0.05, 0) is 61.7 Å². The molecule has 5 nitrogen and oxygen atoms in total. The Kier molecular flexibility index (Phi) is 4.79. The van der Waals surface area contributed by atoms with Gasteiger partial charge in [-0.25, -0.2) is 4.39 Å². The summed E-state index contributed by atoms with van der Waals surface area (Å²) in [5.74, 6) is -0.534. The number of amides is 2. The van der Waals surface area contributed by atoms with Crippen LogP contribution in [0.1, 0.15) is 18.4 Å². The molecule has 1 saturated carbocycles. The summed E-state index contributed by atoms with van der Waals surface area (Å²) in [5, 5.41) is 2.91. The van der Waals surface area contributed by atoms with E-state index in [1.165, 1.54) is 12.1 Å². The molecule has 6 heteroatoms. The summed E-state index contributed by atoms with van der Waals surface area (Å²) in [6.07, 6.45) is 1.20. The summed E-state index contributed by atoms with van der Waals surface area (Å²) in [6.45, 7) is 4.44. The van der Waals surface area contributed by atoms with Gasteiger partial charge in [0.05, 0.1) is 0 Å². The molecule has 1 N–H and O–H groups in total. The van der Waals surface area contributed by atoms with Gasteiger partial charge in [0.2, 0.25) is 11.8 Å². The first-order valence-electron chi connectivity index (χ1n) is 9.66. The Bertz CT molecular complexity index is 885. The van der Waals surface area contributed by atoms with E-state index in [2.05, 4.69) is 10.2 Å². The summed E-state index contributed by atoms with van der Waals surface area (Å²) in [5.41, 5.74) is 1.82. The predicted molar refractivity (Wildman–Crippen MR) is 107 cm³/mol. The molecular weight excluding hydrogens is 357 g/mol. The maximum Gasteiger partial charge on any atom is 0.240 e. The SMILES string of the molecule is Cc1cccc(NC(=O)C2(C(=O)N3CCN(c4ccc(F)cc4)CC3)CC2)c1. The number of halogens is 1. The van der Waals surface area contributed by atoms with Crippen molar-refractivity contribution in [2.24, 2.45) is 5.41 Å². The monoisotopic (exact) mass is 381 g/mol. The highest BCUT2D eigenvalue weighted by molar-refractivity contribution is 6.13. The van der Waals surface area contributed by atoms with Gasteiger partial charge in [-0.1, -0.05) is 12.1 Å². The Morgan fingerprint density at radius 2 is 1.68 bits per heavy atom. The summed E-state index contributed by atoms with van der Waals surface area (Å²) in [4.78, 5) is 29.8. The fraction of sp³-hybridized carbons (Fsp3) is 0.364. The molecule has 2 aliphatic rings. The van der Waals surface area contributed by atoms with Crippen molar-refractivity contribution in [3.05, 3.63) is 59.9 Å². The molecular formula is C22H24FN3O2. The van der Waals surface area contributed by atoms with Crippen molar-refractivity contribution < 1.29 is 14.0 Å². The molecule has 0 spiro atoms. The standard InChI is InChI=1S/C22H24FN3O2/c1-16-3-2-4-18(15-16)24-20(27)22(9-10-22)21(28)26-13-11-25(12-14-26)19-7-5-17(23)6-8-19/h2-8,15H,9-14H2,1H3,(H,24,27). The van der Waals surface area contributed by atoms with Gasteiger partial charge in [0.15, 0.2) is 0 Å². The first-order valence-corrected chi connectivity index (χ1v) is 9.66. The lowest BCUT2D eigenvalue weighted by Crippen LogP contribution is -2.52. The van der Waals surface area contributed by atoms with Crippen LogP contribution in [0.3, 0.4) is 0 Å². The van der Waals surface area contributed by atoms with E-state index in [1.807, 2.05) is 31.2 Å². The molecule has 0 bridgehead atoms. The minimum Gasteiger partial charge on any atom is -0.368 e. The number of nitrogens with zero attached hydrogens (tertiary/aromatic N) is 2. The average Bonchev–Trinajstić information content (AvgIpc) is 3.50. The largest absolute Gasteiger partial charge is 0.368 e. The fourth-order valence-corrected chi connectivity index (χ4v) is 3.76. The number of carbonyl (C=O) groups excluding carboxylic acids is 2. The highest BCUT2D eigenvalue weighted by atomic mass is 19.1. The zero-order valence-electron chi connectivity index (χ0n) is 16.0. The van der Waals surface area contributed by atoms with Gasteiger partial charge in [0.1, 0.15) is 11.2 Å². The first-order chi connectivity index (χ1) is 13.5. The Balaban J connectivity index is 1.38. The Hall–Kier alpha value is -2.89. The molecule has 2 fully saturated rings. The molecule has 1 aliphatic carbocycles. The van der Waals surface area contributed by atoms with Crippen LogP contribution in [0.5, 0.6) is 0 Å². The van der Waals surface area contributed by atoms with E-state index in [1.54, 1.807) is 17.0 Å². The van der Waals surface area contributed by atoms with Crippen LogP contribution in [0, 0.1) is 18.2 Å². The van der Waals surface area contributed by atoms with Crippen molar-refractivity contribution in [1.29, 1.82) is 0 Å². The van der Waals surface area contributed by atoms with Gasteiger partial charge < -0.3 is 15.1 Å². The Morgan fingerprint density at radius 1 is 1.00 bits per heavy atom. The van der Waals surface area contributed by atoms with Crippen LogP contribution >= 0.6 is 0 Å². The zero-order chi connectivity index (χ0) is 19.7. The van der Waals surface area contributed by atoms with E-state index in [0.717, 1.165) is 16.9 Å². The second kappa shape index (κ2) is 7.26. The lowest BCUT2D eigenvalue weighted by Gasteiger charge is -2.37. The lowest BCUT2D eigenvalue weighted by molar-refractivity contribution is -0.142. The molecule has 0 unspecified atom stereocenters. The normalized spacial score (nSPS) is 17.9. The van der Waals surface area contributed by atoms with Crippen LogP contribution in [0.25, 0.3) is 0 Å². The maximum absolute atomic E-state index is 13.1. The summed E-state index contributed by atoms with van der Waals surface area (Å²) < 4.78 is 13.1.